The van der Waals surface area contributed by atoms with Crippen LogP contribution < -0.4 is 0 Å². The molecule has 0 amide bonds. The Kier molecular flexibility index (Phi) is 7.79. The molecule has 4 aliphatic rings. The van der Waals surface area contributed by atoms with Crippen molar-refractivity contribution in [1.82, 2.24) is 0 Å². The van der Waals surface area contributed by atoms with Crippen LogP contribution in [0.25, 0.3) is 0 Å². The van der Waals surface area contributed by atoms with E-state index in [4.69, 9.17) is 9.73 Å². The van der Waals surface area contributed by atoms with Gasteiger partial charge in [0.05, 0.1) is 0 Å². The first-order valence-electron chi connectivity index (χ1n) is 13.8. The fourth-order valence-electron chi connectivity index (χ4n) is 6.72. The van der Waals surface area contributed by atoms with Crippen molar-refractivity contribution in [1.29, 1.82) is 0 Å². The number of hydrogen-bond donors (Lipinski definition) is 0. The minimum absolute atomic E-state index is 0. The van der Waals surface area contributed by atoms with Crippen LogP contribution >= 0.6 is 0 Å². The van der Waals surface area contributed by atoms with E-state index in [1.54, 1.807) is 0 Å². The molecule has 0 radical (unpaired) electrons. The summed E-state index contributed by atoms with van der Waals surface area (Å²) in [7, 11) is 0. The van der Waals surface area contributed by atoms with Gasteiger partial charge in [-0.3, -0.25) is 9.79 Å². The zero-order chi connectivity index (χ0) is 23.3. The molecule has 1 aromatic carbocycles. The average molecular weight is 466 g/mol. The van der Waals surface area contributed by atoms with Crippen molar-refractivity contribution in [2.45, 2.75) is 83.5 Å². The van der Waals surface area contributed by atoms with Gasteiger partial charge < -0.3 is 4.74 Å². The van der Waals surface area contributed by atoms with Gasteiger partial charge >= 0.3 is 0 Å². The van der Waals surface area contributed by atoms with E-state index in [2.05, 4.69) is 49.6 Å². The molecule has 5 rings (SSSR count). The van der Waals surface area contributed by atoms with Crippen molar-refractivity contribution >= 4 is 12.0 Å². The van der Waals surface area contributed by atoms with Gasteiger partial charge in [0.15, 0.2) is 0 Å². The number of fused-ring (bicyclic) bond motifs is 1. The maximum atomic E-state index is 12.7. The summed E-state index contributed by atoms with van der Waals surface area (Å²) in [5.74, 6) is 3.41. The number of ether oxygens (including phenoxy) is 1. The van der Waals surface area contributed by atoms with Crippen molar-refractivity contribution in [3.05, 3.63) is 58.8 Å². The zero-order valence-electron chi connectivity index (χ0n) is 20.9. The van der Waals surface area contributed by atoms with Gasteiger partial charge in [0.2, 0.25) is 0 Å². The lowest BCUT2D eigenvalue weighted by Gasteiger charge is -2.36. The second-order valence-corrected chi connectivity index (χ2v) is 11.2. The third-order valence-corrected chi connectivity index (χ3v) is 8.78. The molecule has 1 saturated heterocycles. The number of rotatable bonds is 7. The van der Waals surface area contributed by atoms with Crippen LogP contribution in [0, 0.1) is 23.7 Å². The first kappa shape index (κ1) is 23.7. The molecule has 0 N–H and O–H groups in total. The topological polar surface area (TPSA) is 38.7 Å². The molecule has 0 spiro atoms. The molecular weight excluding hydrogens is 418 g/mol. The molecule has 3 nitrogen and oxygen atoms in total. The molecule has 2 fully saturated rings. The number of ketones is 1. The van der Waals surface area contributed by atoms with Crippen LogP contribution in [-0.4, -0.2) is 25.2 Å². The number of allylic oxidation sites excluding steroid dienone is 4. The van der Waals surface area contributed by atoms with E-state index in [0.29, 0.717) is 48.2 Å². The first-order chi connectivity index (χ1) is 16.7. The molecule has 2 aliphatic heterocycles. The number of benzene rings is 1. The third kappa shape index (κ3) is 5.62. The van der Waals surface area contributed by atoms with E-state index >= 15 is 0 Å². The van der Waals surface area contributed by atoms with Gasteiger partial charge in [0, 0.05) is 48.2 Å². The number of nitrogens with zero attached hydrogens (tertiary/aromatic N) is 1. The van der Waals surface area contributed by atoms with Gasteiger partial charge in [-0.15, -0.1) is 0 Å². The first-order valence-corrected chi connectivity index (χ1v) is 13.8. The predicted octanol–water partition coefficient (Wildman–Crippen LogP) is 7.96. The molecule has 1 aromatic rings. The smallest absolute Gasteiger partial charge is 0.137 e. The maximum absolute atomic E-state index is 12.7. The second kappa shape index (κ2) is 11.2. The van der Waals surface area contributed by atoms with E-state index < -0.39 is 0 Å². The number of Topliss-reactive ketones (excluding diaryl/α,β-unsaturated/α-hetero) is 1. The highest BCUT2D eigenvalue weighted by atomic mass is 16.5. The summed E-state index contributed by atoms with van der Waals surface area (Å²) < 4.78 is 5.45. The van der Waals surface area contributed by atoms with E-state index in [1.165, 1.54) is 60.9 Å². The highest BCUT2D eigenvalue weighted by molar-refractivity contribution is 5.80. The van der Waals surface area contributed by atoms with Crippen LogP contribution in [0.3, 0.4) is 0 Å². The summed E-state index contributed by atoms with van der Waals surface area (Å²) in [6.07, 6.45) is 18.9. The SMILES string of the molecule is CC1C=NC(C2CCCC(c3cccc(CC(=O)CCC4CCOCC4)c3)C2)=C2C=CCCC21.[HH].[HH].[HH]. The Morgan fingerprint density at radius 3 is 2.85 bits per heavy atom. The van der Waals surface area contributed by atoms with E-state index in [-0.39, 0.29) is 4.28 Å². The molecule has 1 saturated carbocycles. The molecule has 0 aromatic heterocycles. The lowest BCUT2D eigenvalue weighted by Crippen LogP contribution is -2.25. The Labute approximate surface area is 210 Å². The summed E-state index contributed by atoms with van der Waals surface area (Å²) in [6, 6.07) is 8.93. The Balaban J connectivity index is 0.00000160. The van der Waals surface area contributed by atoms with E-state index in [0.717, 1.165) is 32.5 Å². The van der Waals surface area contributed by atoms with Crippen molar-refractivity contribution in [3.8, 4) is 0 Å². The van der Waals surface area contributed by atoms with E-state index in [1.807, 2.05) is 0 Å². The van der Waals surface area contributed by atoms with Crippen LogP contribution in [0.4, 0.5) is 0 Å². The van der Waals surface area contributed by atoms with Crippen molar-refractivity contribution in [2.24, 2.45) is 28.7 Å². The molecule has 4 unspecified atom stereocenters. The van der Waals surface area contributed by atoms with Crippen LogP contribution in [0.2, 0.25) is 0 Å². The Morgan fingerprint density at radius 1 is 1.12 bits per heavy atom. The molecule has 2 aliphatic carbocycles. The highest BCUT2D eigenvalue weighted by Gasteiger charge is 2.33. The Bertz CT molecular complexity index is 967. The number of carbonyl (C=O) groups excluding carboxylic acids is 1. The summed E-state index contributed by atoms with van der Waals surface area (Å²) >= 11 is 0. The Morgan fingerprint density at radius 2 is 1.97 bits per heavy atom. The van der Waals surface area contributed by atoms with Crippen molar-refractivity contribution < 1.29 is 13.8 Å². The normalized spacial score (nSPS) is 29.8. The minimum atomic E-state index is 0. The molecule has 0 bridgehead atoms. The van der Waals surface area contributed by atoms with Gasteiger partial charge in [-0.25, -0.2) is 0 Å². The molecule has 34 heavy (non-hydrogen) atoms. The van der Waals surface area contributed by atoms with Gasteiger partial charge in [0.1, 0.15) is 5.78 Å². The quantitative estimate of drug-likeness (QED) is 0.410. The van der Waals surface area contributed by atoms with Crippen LogP contribution in [0.5, 0.6) is 0 Å². The third-order valence-electron chi connectivity index (χ3n) is 8.78. The monoisotopic (exact) mass is 465 g/mol. The lowest BCUT2D eigenvalue weighted by molar-refractivity contribution is -0.118. The summed E-state index contributed by atoms with van der Waals surface area (Å²) in [6.45, 7) is 4.05. The van der Waals surface area contributed by atoms with Crippen LogP contribution in [0.1, 0.15) is 92.5 Å². The average Bonchev–Trinajstić information content (AvgIpc) is 2.89. The Hall–Kier alpha value is -2.00. The van der Waals surface area contributed by atoms with Crippen LogP contribution in [0.15, 0.2) is 52.7 Å². The molecule has 2 heterocycles. The fourth-order valence-corrected chi connectivity index (χ4v) is 6.72. The standard InChI is InChI=1S/C31H41NO2.3H2/c1-22-21-32-31(30-11-3-2-10-29(22)30)27-9-5-8-26(20-27)25-7-4-6-24(18-25)19-28(33)13-12-23-14-16-34-17-15-23;;;/h3-4,6-7,11,18,21-23,26-27,29H,2,5,8-10,12-17,19-20H2,1H3;3*1H. The number of aliphatic imine (C=N–C) groups is 1. The summed E-state index contributed by atoms with van der Waals surface area (Å²) in [5.41, 5.74) is 5.52. The van der Waals surface area contributed by atoms with Gasteiger partial charge in [-0.1, -0.05) is 49.8 Å². The van der Waals surface area contributed by atoms with Crippen LogP contribution in [-0.2, 0) is 16.0 Å². The number of carbonyl (C=O) groups is 1. The lowest BCUT2D eigenvalue weighted by atomic mass is 9.71. The number of hydrogen-bond acceptors (Lipinski definition) is 3. The largest absolute Gasteiger partial charge is 0.381 e. The zero-order valence-corrected chi connectivity index (χ0v) is 20.9. The molecule has 4 atom stereocenters. The highest BCUT2D eigenvalue weighted by Crippen LogP contribution is 2.45. The molecule has 188 valence electrons. The van der Waals surface area contributed by atoms with Gasteiger partial charge in [-0.2, -0.15) is 0 Å². The molecular formula is C31H47NO2. The van der Waals surface area contributed by atoms with Gasteiger partial charge in [-0.05, 0) is 91.7 Å². The fraction of sp³-hybridized carbons (Fsp3) is 0.613. The molecule has 3 heteroatoms. The van der Waals surface area contributed by atoms with Crippen molar-refractivity contribution in [2.75, 3.05) is 13.2 Å². The summed E-state index contributed by atoms with van der Waals surface area (Å²) in [5, 5.41) is 0. The van der Waals surface area contributed by atoms with E-state index in [9.17, 15) is 4.79 Å². The summed E-state index contributed by atoms with van der Waals surface area (Å²) in [4.78, 5) is 17.7. The second-order valence-electron chi connectivity index (χ2n) is 11.2. The van der Waals surface area contributed by atoms with Crippen molar-refractivity contribution in [3.63, 3.8) is 0 Å². The predicted molar refractivity (Wildman–Crippen MR) is 146 cm³/mol. The van der Waals surface area contributed by atoms with Gasteiger partial charge in [0.25, 0.3) is 0 Å². The minimum Gasteiger partial charge on any atom is -0.381 e. The maximum Gasteiger partial charge on any atom is 0.137 e.